The van der Waals surface area contributed by atoms with Crippen LogP contribution in [0.25, 0.3) is 0 Å². The molecular formula is C39H62O14. The Balaban J connectivity index is 0.935. The molecule has 0 unspecified atom stereocenters. The molecule has 0 bridgehead atoms. The van der Waals surface area contributed by atoms with Crippen LogP contribution in [0, 0.1) is 46.3 Å². The molecule has 53 heavy (non-hydrogen) atoms. The molecule has 0 aromatic carbocycles. The molecule has 4 heterocycles. The SMILES string of the molecule is C[C@@H]1CO[C@@]2(O[C@H]3C[C@H]4[C@@H]5CC=C6C[C@@H](O[C@@H]7O[C@H](CO)[C@@H](O[C@@H]8O[C@@H](C)[C@H](O)[C@@H](O)[C@H]8O)[C@H](O)[C@H]7O)CC[C@]6(C)[C@H]5C[C@@H](O)[C@]4(C)[C@H]3[C@@H]2C)[C@@H](O)C1. The second-order valence-corrected chi connectivity index (χ2v) is 18.5. The Morgan fingerprint density at radius 1 is 0.811 bits per heavy atom. The smallest absolute Gasteiger partial charge is 0.197 e. The Bertz CT molecular complexity index is 1380. The van der Waals surface area contributed by atoms with E-state index in [9.17, 15) is 40.9 Å². The van der Waals surface area contributed by atoms with Gasteiger partial charge in [0.15, 0.2) is 18.4 Å². The zero-order chi connectivity index (χ0) is 37.9. The highest BCUT2D eigenvalue weighted by Crippen LogP contribution is 2.70. The second kappa shape index (κ2) is 13.9. The first-order valence-electron chi connectivity index (χ1n) is 20.1. The highest BCUT2D eigenvalue weighted by molar-refractivity contribution is 5.27. The van der Waals surface area contributed by atoms with Crippen molar-refractivity contribution in [1.29, 1.82) is 0 Å². The van der Waals surface area contributed by atoms with Crippen LogP contribution in [0.5, 0.6) is 0 Å². The first-order chi connectivity index (χ1) is 25.0. The van der Waals surface area contributed by atoms with E-state index in [4.69, 9.17) is 28.4 Å². The van der Waals surface area contributed by atoms with Crippen LogP contribution in [0.15, 0.2) is 11.6 Å². The summed E-state index contributed by atoms with van der Waals surface area (Å²) in [5.41, 5.74) is 0.761. The zero-order valence-corrected chi connectivity index (χ0v) is 31.5. The van der Waals surface area contributed by atoms with Crippen LogP contribution in [0.3, 0.4) is 0 Å². The van der Waals surface area contributed by atoms with Crippen molar-refractivity contribution in [3.05, 3.63) is 11.6 Å². The molecule has 302 valence electrons. The number of fused-ring (bicyclic) bond motifs is 7. The Kier molecular flexibility index (Phi) is 10.3. The van der Waals surface area contributed by atoms with E-state index in [1.807, 2.05) is 0 Å². The molecule has 0 aromatic heterocycles. The average molecular weight is 755 g/mol. The minimum atomic E-state index is -1.63. The number of aliphatic hydroxyl groups excluding tert-OH is 8. The normalized spacial score (nSPS) is 59.5. The van der Waals surface area contributed by atoms with Crippen LogP contribution >= 0.6 is 0 Å². The van der Waals surface area contributed by atoms with E-state index in [0.717, 1.165) is 19.3 Å². The minimum absolute atomic E-state index is 0.0463. The fraction of sp³-hybridized carbons (Fsp3) is 0.949. The number of hydrogen-bond donors (Lipinski definition) is 8. The van der Waals surface area contributed by atoms with E-state index in [2.05, 4.69) is 33.8 Å². The molecule has 4 aliphatic heterocycles. The van der Waals surface area contributed by atoms with Gasteiger partial charge < -0.3 is 69.3 Å². The summed E-state index contributed by atoms with van der Waals surface area (Å²) in [4.78, 5) is 0. The first-order valence-corrected chi connectivity index (χ1v) is 20.1. The van der Waals surface area contributed by atoms with Crippen LogP contribution in [0.2, 0.25) is 0 Å². The van der Waals surface area contributed by atoms with E-state index >= 15 is 0 Å². The van der Waals surface area contributed by atoms with E-state index < -0.39 is 86.0 Å². The van der Waals surface area contributed by atoms with Crippen molar-refractivity contribution in [3.8, 4) is 0 Å². The van der Waals surface area contributed by atoms with Crippen molar-refractivity contribution in [3.63, 3.8) is 0 Å². The van der Waals surface area contributed by atoms with Crippen LogP contribution in [0.1, 0.15) is 79.6 Å². The highest BCUT2D eigenvalue weighted by atomic mass is 16.7. The third kappa shape index (κ3) is 5.87. The topological polar surface area (TPSA) is 217 Å². The number of hydrogen-bond acceptors (Lipinski definition) is 14. The summed E-state index contributed by atoms with van der Waals surface area (Å²) in [7, 11) is 0. The van der Waals surface area contributed by atoms with Gasteiger partial charge in [-0.15, -0.1) is 0 Å². The molecule has 0 amide bonds. The summed E-state index contributed by atoms with van der Waals surface area (Å²) in [6.45, 7) is 10.3. The number of allylic oxidation sites excluding steroid dienone is 1. The lowest BCUT2D eigenvalue weighted by Gasteiger charge is -2.60. The van der Waals surface area contributed by atoms with Gasteiger partial charge in [0.25, 0.3) is 0 Å². The van der Waals surface area contributed by atoms with Gasteiger partial charge in [0.05, 0.1) is 37.6 Å². The van der Waals surface area contributed by atoms with Crippen LogP contribution in [-0.4, -0.2) is 146 Å². The summed E-state index contributed by atoms with van der Waals surface area (Å²) in [5, 5.41) is 86.5. The monoisotopic (exact) mass is 754 g/mol. The Hall–Kier alpha value is -0.820. The summed E-state index contributed by atoms with van der Waals surface area (Å²) in [5.74, 6) is 0.218. The van der Waals surface area contributed by atoms with E-state index in [-0.39, 0.29) is 52.6 Å². The average Bonchev–Trinajstić information content (AvgIpc) is 3.59. The van der Waals surface area contributed by atoms with Crippen molar-refractivity contribution in [2.75, 3.05) is 13.2 Å². The van der Waals surface area contributed by atoms with Crippen molar-refractivity contribution in [2.45, 2.75) is 171 Å². The maximum absolute atomic E-state index is 12.1. The molecule has 7 fully saturated rings. The lowest BCUT2D eigenvalue weighted by atomic mass is 9.46. The van der Waals surface area contributed by atoms with Gasteiger partial charge in [-0.05, 0) is 81.0 Å². The van der Waals surface area contributed by atoms with Gasteiger partial charge >= 0.3 is 0 Å². The summed E-state index contributed by atoms with van der Waals surface area (Å²) in [6.07, 6.45) is -7.81. The molecule has 23 atom stereocenters. The minimum Gasteiger partial charge on any atom is -0.394 e. The molecular weight excluding hydrogens is 692 g/mol. The largest absolute Gasteiger partial charge is 0.394 e. The van der Waals surface area contributed by atoms with Gasteiger partial charge in [-0.1, -0.05) is 39.3 Å². The standard InChI is InChI=1S/C39H62O14/c1-16-10-27(42)39(48-15-16)17(2)28-24(53-39)12-23-21-7-6-19-11-20(8-9-37(19,4)22(21)13-26(41)38(23,28)5)50-36-33(47)31(45)34(25(14-40)51-36)52-35-32(46)30(44)29(43)18(3)49-35/h6,16-18,20-36,40-47H,7-15H2,1-5H3/t16-,17-,18-,20-,21+,22-,23-,24-,25+,26+,27-,28-,29-,30+,31+,32+,33+,34+,35-,36+,37-,38+,39-/m0/s1. The Morgan fingerprint density at radius 2 is 1.53 bits per heavy atom. The fourth-order valence-corrected chi connectivity index (χ4v) is 12.7. The van der Waals surface area contributed by atoms with Crippen LogP contribution in [-0.2, 0) is 28.4 Å². The third-order valence-corrected chi connectivity index (χ3v) is 15.7. The van der Waals surface area contributed by atoms with Crippen LogP contribution in [0.4, 0.5) is 0 Å². The molecule has 14 nitrogen and oxygen atoms in total. The maximum Gasteiger partial charge on any atom is 0.197 e. The summed E-state index contributed by atoms with van der Waals surface area (Å²) < 4.78 is 36.6. The molecule has 0 aromatic rings. The van der Waals surface area contributed by atoms with E-state index in [1.54, 1.807) is 0 Å². The Morgan fingerprint density at radius 3 is 2.25 bits per heavy atom. The fourth-order valence-electron chi connectivity index (χ4n) is 12.7. The molecule has 14 heteroatoms. The molecule has 8 aliphatic rings. The lowest BCUT2D eigenvalue weighted by molar-refractivity contribution is -0.360. The van der Waals surface area contributed by atoms with Gasteiger partial charge in [0.1, 0.15) is 48.8 Å². The van der Waals surface area contributed by atoms with Gasteiger partial charge in [0, 0.05) is 17.3 Å². The van der Waals surface area contributed by atoms with Gasteiger partial charge in [-0.25, -0.2) is 0 Å². The molecule has 0 radical (unpaired) electrons. The molecule has 8 N–H and O–H groups in total. The third-order valence-electron chi connectivity index (χ3n) is 15.7. The highest BCUT2D eigenvalue weighted by Gasteiger charge is 2.72. The number of rotatable bonds is 5. The van der Waals surface area contributed by atoms with Crippen molar-refractivity contribution < 1.29 is 69.3 Å². The van der Waals surface area contributed by atoms with Crippen molar-refractivity contribution in [2.24, 2.45) is 46.3 Å². The van der Waals surface area contributed by atoms with Gasteiger partial charge in [0.2, 0.25) is 0 Å². The number of ether oxygens (including phenoxy) is 6. The molecule has 3 saturated carbocycles. The quantitative estimate of drug-likeness (QED) is 0.178. The van der Waals surface area contributed by atoms with Gasteiger partial charge in [-0.3, -0.25) is 0 Å². The van der Waals surface area contributed by atoms with Crippen LogP contribution < -0.4 is 0 Å². The van der Waals surface area contributed by atoms with E-state index in [1.165, 1.54) is 12.5 Å². The lowest BCUT2D eigenvalue weighted by Crippen LogP contribution is -2.64. The molecule has 4 saturated heterocycles. The van der Waals surface area contributed by atoms with E-state index in [0.29, 0.717) is 38.2 Å². The van der Waals surface area contributed by atoms with Crippen molar-refractivity contribution in [1.82, 2.24) is 0 Å². The predicted octanol–water partition coefficient (Wildman–Crippen LogP) is 0.332. The number of aliphatic hydroxyl groups is 8. The molecule has 8 rings (SSSR count). The molecule has 1 spiro atoms. The maximum atomic E-state index is 12.1. The second-order valence-electron chi connectivity index (χ2n) is 18.5. The zero-order valence-electron chi connectivity index (χ0n) is 31.5. The van der Waals surface area contributed by atoms with Crippen molar-refractivity contribution >= 4 is 0 Å². The summed E-state index contributed by atoms with van der Waals surface area (Å²) in [6, 6.07) is 0. The summed E-state index contributed by atoms with van der Waals surface area (Å²) >= 11 is 0. The predicted molar refractivity (Wildman–Crippen MR) is 184 cm³/mol. The van der Waals surface area contributed by atoms with Gasteiger partial charge in [-0.2, -0.15) is 0 Å². The molecule has 4 aliphatic carbocycles. The first kappa shape index (κ1) is 39.0. The Labute approximate surface area is 311 Å².